The second-order valence-corrected chi connectivity index (χ2v) is 5.24. The number of anilines is 1. The van der Waals surface area contributed by atoms with Gasteiger partial charge in [0, 0.05) is 24.7 Å². The molecule has 0 saturated carbocycles. The van der Waals surface area contributed by atoms with Gasteiger partial charge in [-0.05, 0) is 35.9 Å². The molecule has 0 aromatic heterocycles. The topological polar surface area (TPSA) is 58.2 Å². The van der Waals surface area contributed by atoms with Gasteiger partial charge in [-0.2, -0.15) is 13.2 Å². The Kier molecular flexibility index (Phi) is 5.41. The zero-order chi connectivity index (χ0) is 18.6. The van der Waals surface area contributed by atoms with Crippen molar-refractivity contribution in [3.8, 4) is 0 Å². The van der Waals surface area contributed by atoms with Crippen molar-refractivity contribution in [3.63, 3.8) is 0 Å². The van der Waals surface area contributed by atoms with Crippen molar-refractivity contribution in [3.05, 3.63) is 65.0 Å². The summed E-state index contributed by atoms with van der Waals surface area (Å²) in [5, 5.41) is 4.85. The summed E-state index contributed by atoms with van der Waals surface area (Å²) in [7, 11) is 0. The third-order valence-electron chi connectivity index (χ3n) is 3.26. The molecule has 0 heterocycles. The Morgan fingerprint density at radius 3 is 2.44 bits per heavy atom. The van der Waals surface area contributed by atoms with E-state index < -0.39 is 30.0 Å². The molecule has 0 unspecified atom stereocenters. The van der Waals surface area contributed by atoms with Gasteiger partial charge in [-0.15, -0.1) is 0 Å². The standard InChI is InChI=1S/C17H14F4N2O2/c1-10(24)23-14-4-2-3-11(7-14)16(25)22-9-12-5-6-13(18)8-15(12)17(19,20)21/h2-8H,9H2,1H3,(H,22,25)(H,23,24). The molecule has 132 valence electrons. The number of alkyl halides is 3. The molecule has 0 aliphatic heterocycles. The van der Waals surface area contributed by atoms with E-state index in [-0.39, 0.29) is 17.0 Å². The number of carbonyl (C=O) groups excluding carboxylic acids is 2. The van der Waals surface area contributed by atoms with Gasteiger partial charge in [0.1, 0.15) is 5.82 Å². The average Bonchev–Trinajstić information content (AvgIpc) is 2.52. The highest BCUT2D eigenvalue weighted by molar-refractivity contribution is 5.96. The van der Waals surface area contributed by atoms with E-state index in [1.54, 1.807) is 6.07 Å². The van der Waals surface area contributed by atoms with Crippen LogP contribution in [0.3, 0.4) is 0 Å². The first kappa shape index (κ1) is 18.4. The van der Waals surface area contributed by atoms with E-state index in [0.29, 0.717) is 11.8 Å². The van der Waals surface area contributed by atoms with Gasteiger partial charge in [0.2, 0.25) is 5.91 Å². The van der Waals surface area contributed by atoms with E-state index in [1.807, 2.05) is 0 Å². The highest BCUT2D eigenvalue weighted by atomic mass is 19.4. The lowest BCUT2D eigenvalue weighted by molar-refractivity contribution is -0.138. The molecule has 0 spiro atoms. The van der Waals surface area contributed by atoms with Crippen LogP contribution in [0.25, 0.3) is 0 Å². The van der Waals surface area contributed by atoms with Crippen LogP contribution in [0.15, 0.2) is 42.5 Å². The molecule has 0 bridgehead atoms. The summed E-state index contributed by atoms with van der Waals surface area (Å²) in [6.45, 7) is 0.887. The molecule has 0 fully saturated rings. The molecule has 2 amide bonds. The minimum Gasteiger partial charge on any atom is -0.348 e. The van der Waals surface area contributed by atoms with Crippen LogP contribution in [0.4, 0.5) is 23.2 Å². The van der Waals surface area contributed by atoms with E-state index in [0.717, 1.165) is 12.1 Å². The van der Waals surface area contributed by atoms with Crippen LogP contribution in [0.2, 0.25) is 0 Å². The van der Waals surface area contributed by atoms with Crippen molar-refractivity contribution in [2.24, 2.45) is 0 Å². The van der Waals surface area contributed by atoms with Crippen LogP contribution in [0, 0.1) is 5.82 Å². The molecule has 0 aliphatic rings. The normalized spacial score (nSPS) is 11.1. The van der Waals surface area contributed by atoms with E-state index in [1.165, 1.54) is 25.1 Å². The maximum atomic E-state index is 13.1. The van der Waals surface area contributed by atoms with Gasteiger partial charge in [-0.25, -0.2) is 4.39 Å². The minimum atomic E-state index is -4.73. The Morgan fingerprint density at radius 2 is 1.80 bits per heavy atom. The van der Waals surface area contributed by atoms with Crippen molar-refractivity contribution in [2.75, 3.05) is 5.32 Å². The predicted molar refractivity (Wildman–Crippen MR) is 83.3 cm³/mol. The Bertz CT molecular complexity index is 803. The van der Waals surface area contributed by atoms with Crippen molar-refractivity contribution in [1.82, 2.24) is 5.32 Å². The van der Waals surface area contributed by atoms with Crippen LogP contribution in [-0.4, -0.2) is 11.8 Å². The predicted octanol–water partition coefficient (Wildman–Crippen LogP) is 3.73. The molecule has 0 saturated heterocycles. The number of halogens is 4. The fraction of sp³-hybridized carbons (Fsp3) is 0.176. The lowest BCUT2D eigenvalue weighted by Crippen LogP contribution is -2.24. The van der Waals surface area contributed by atoms with Gasteiger partial charge in [0.25, 0.3) is 5.91 Å². The molecule has 25 heavy (non-hydrogen) atoms. The van der Waals surface area contributed by atoms with Gasteiger partial charge in [0.05, 0.1) is 5.56 Å². The Hall–Kier alpha value is -2.90. The number of hydrogen-bond donors (Lipinski definition) is 2. The summed E-state index contributed by atoms with van der Waals surface area (Å²) in [6, 6.07) is 8.21. The molecule has 2 aromatic rings. The van der Waals surface area contributed by atoms with E-state index >= 15 is 0 Å². The highest BCUT2D eigenvalue weighted by Crippen LogP contribution is 2.32. The SMILES string of the molecule is CC(=O)Nc1cccc(C(=O)NCc2ccc(F)cc2C(F)(F)F)c1. The maximum Gasteiger partial charge on any atom is 0.416 e. The number of rotatable bonds is 4. The number of carbonyl (C=O) groups is 2. The zero-order valence-electron chi connectivity index (χ0n) is 13.1. The second kappa shape index (κ2) is 7.33. The van der Waals surface area contributed by atoms with Crippen molar-refractivity contribution >= 4 is 17.5 Å². The lowest BCUT2D eigenvalue weighted by atomic mass is 10.1. The molecule has 0 radical (unpaired) electrons. The monoisotopic (exact) mass is 354 g/mol. The van der Waals surface area contributed by atoms with Crippen LogP contribution in [-0.2, 0) is 17.5 Å². The first-order valence-electron chi connectivity index (χ1n) is 7.18. The van der Waals surface area contributed by atoms with Crippen LogP contribution in [0.1, 0.15) is 28.4 Å². The Labute approximate surface area is 140 Å². The first-order chi connectivity index (χ1) is 11.7. The number of nitrogens with one attached hydrogen (secondary N) is 2. The summed E-state index contributed by atoms with van der Waals surface area (Å²) in [5.41, 5.74) is -0.833. The molecular weight excluding hydrogens is 340 g/mol. The summed E-state index contributed by atoms with van der Waals surface area (Å²) in [6.07, 6.45) is -4.73. The largest absolute Gasteiger partial charge is 0.416 e. The van der Waals surface area contributed by atoms with Gasteiger partial charge >= 0.3 is 6.18 Å². The molecule has 0 atom stereocenters. The molecule has 2 N–H and O–H groups in total. The van der Waals surface area contributed by atoms with Gasteiger partial charge in [-0.1, -0.05) is 12.1 Å². The third-order valence-corrected chi connectivity index (χ3v) is 3.26. The summed E-state index contributed by atoms with van der Waals surface area (Å²) in [5.74, 6) is -1.95. The molecule has 8 heteroatoms. The molecule has 2 rings (SSSR count). The molecule has 4 nitrogen and oxygen atoms in total. The van der Waals surface area contributed by atoms with Crippen LogP contribution >= 0.6 is 0 Å². The Morgan fingerprint density at radius 1 is 1.08 bits per heavy atom. The maximum absolute atomic E-state index is 13.1. The van der Waals surface area contributed by atoms with Gasteiger partial charge < -0.3 is 10.6 Å². The quantitative estimate of drug-likeness (QED) is 0.822. The summed E-state index contributed by atoms with van der Waals surface area (Å²) < 4.78 is 51.9. The molecular formula is C17H14F4N2O2. The minimum absolute atomic E-state index is 0.168. The number of benzene rings is 2. The van der Waals surface area contributed by atoms with Crippen molar-refractivity contribution < 1.29 is 27.2 Å². The smallest absolute Gasteiger partial charge is 0.348 e. The van der Waals surface area contributed by atoms with Crippen molar-refractivity contribution in [1.29, 1.82) is 0 Å². The fourth-order valence-electron chi connectivity index (χ4n) is 2.19. The Balaban J connectivity index is 2.14. The summed E-state index contributed by atoms with van der Waals surface area (Å²) >= 11 is 0. The highest BCUT2D eigenvalue weighted by Gasteiger charge is 2.33. The van der Waals surface area contributed by atoms with Gasteiger partial charge in [-0.3, -0.25) is 9.59 Å². The number of amides is 2. The molecule has 2 aromatic carbocycles. The second-order valence-electron chi connectivity index (χ2n) is 5.24. The summed E-state index contributed by atoms with van der Waals surface area (Å²) in [4.78, 5) is 23.1. The van der Waals surface area contributed by atoms with E-state index in [9.17, 15) is 27.2 Å². The number of hydrogen-bond acceptors (Lipinski definition) is 2. The van der Waals surface area contributed by atoms with Crippen LogP contribution in [0.5, 0.6) is 0 Å². The van der Waals surface area contributed by atoms with Crippen LogP contribution < -0.4 is 10.6 Å². The van der Waals surface area contributed by atoms with E-state index in [4.69, 9.17) is 0 Å². The fourth-order valence-corrected chi connectivity index (χ4v) is 2.19. The van der Waals surface area contributed by atoms with Crippen molar-refractivity contribution in [2.45, 2.75) is 19.6 Å². The van der Waals surface area contributed by atoms with Gasteiger partial charge in [0.15, 0.2) is 0 Å². The first-order valence-corrected chi connectivity index (χ1v) is 7.18. The average molecular weight is 354 g/mol. The third kappa shape index (κ3) is 5.03. The molecule has 0 aliphatic carbocycles. The lowest BCUT2D eigenvalue weighted by Gasteiger charge is -2.14. The zero-order valence-corrected chi connectivity index (χ0v) is 13.1. The van der Waals surface area contributed by atoms with E-state index in [2.05, 4.69) is 10.6 Å².